The van der Waals surface area contributed by atoms with Gasteiger partial charge in [0.05, 0.1) is 17.4 Å². The molecule has 0 rings (SSSR count). The summed E-state index contributed by atoms with van der Waals surface area (Å²) in [5, 5.41) is -0.746. The monoisotopic (exact) mass is 247 g/mol. The Morgan fingerprint density at radius 2 is 1.87 bits per heavy atom. The number of rotatable bonds is 6. The van der Waals surface area contributed by atoms with Gasteiger partial charge < -0.3 is 5.73 Å². The molecule has 0 aliphatic carbocycles. The van der Waals surface area contributed by atoms with Crippen molar-refractivity contribution in [2.45, 2.75) is 37.6 Å². The largest absolute Gasteiger partial charge is 0.390 e. The third-order valence-corrected chi connectivity index (χ3v) is 4.48. The molecule has 0 fully saturated rings. The second-order valence-corrected chi connectivity index (χ2v) is 5.74. The number of hydrogen-bond donors (Lipinski definition) is 1. The minimum atomic E-state index is -4.42. The highest BCUT2D eigenvalue weighted by Crippen LogP contribution is 2.22. The molecule has 0 aromatic heterocycles. The molecular formula is C8H16F3NO2S. The van der Waals surface area contributed by atoms with E-state index in [-0.39, 0.29) is 13.0 Å². The van der Waals surface area contributed by atoms with Crippen LogP contribution in [0.3, 0.4) is 0 Å². The van der Waals surface area contributed by atoms with Crippen LogP contribution in [0.5, 0.6) is 0 Å². The highest BCUT2D eigenvalue weighted by Gasteiger charge is 2.32. The van der Waals surface area contributed by atoms with Crippen LogP contribution in [0, 0.1) is 0 Å². The van der Waals surface area contributed by atoms with E-state index in [0.717, 1.165) is 0 Å². The standard InChI is InChI=1S/C8H16F3NO2S/c1-2-7(3-5-12)15(13,14)6-4-8(9,10)11/h7H,2-6,12H2,1H3. The quantitative estimate of drug-likeness (QED) is 0.773. The van der Waals surface area contributed by atoms with E-state index in [1.54, 1.807) is 6.92 Å². The van der Waals surface area contributed by atoms with Crippen molar-refractivity contribution in [3.63, 3.8) is 0 Å². The van der Waals surface area contributed by atoms with Gasteiger partial charge in [0.25, 0.3) is 0 Å². The molecule has 0 saturated carbocycles. The maximum atomic E-state index is 11.9. The van der Waals surface area contributed by atoms with Crippen molar-refractivity contribution in [3.8, 4) is 0 Å². The lowest BCUT2D eigenvalue weighted by Gasteiger charge is -2.15. The maximum absolute atomic E-state index is 11.9. The molecule has 0 radical (unpaired) electrons. The van der Waals surface area contributed by atoms with E-state index >= 15 is 0 Å². The van der Waals surface area contributed by atoms with Crippen LogP contribution in [-0.2, 0) is 9.84 Å². The normalized spacial score (nSPS) is 15.3. The predicted molar refractivity (Wildman–Crippen MR) is 52.2 cm³/mol. The Bertz CT molecular complexity index is 274. The molecule has 15 heavy (non-hydrogen) atoms. The fourth-order valence-electron chi connectivity index (χ4n) is 1.25. The van der Waals surface area contributed by atoms with E-state index in [0.29, 0.717) is 6.42 Å². The van der Waals surface area contributed by atoms with Crippen LogP contribution in [0.25, 0.3) is 0 Å². The average Bonchev–Trinajstić information content (AvgIpc) is 2.10. The Morgan fingerprint density at radius 3 is 2.20 bits per heavy atom. The number of halogens is 3. The summed E-state index contributed by atoms with van der Waals surface area (Å²) < 4.78 is 58.4. The van der Waals surface area contributed by atoms with Crippen LogP contribution in [0.15, 0.2) is 0 Å². The molecule has 0 aliphatic rings. The number of sulfone groups is 1. The van der Waals surface area contributed by atoms with E-state index < -0.39 is 33.4 Å². The molecule has 0 bridgehead atoms. The lowest BCUT2D eigenvalue weighted by atomic mass is 10.2. The number of nitrogens with two attached hydrogens (primary N) is 1. The van der Waals surface area contributed by atoms with Gasteiger partial charge in [0.15, 0.2) is 9.84 Å². The van der Waals surface area contributed by atoms with Crippen LogP contribution in [0.2, 0.25) is 0 Å². The molecule has 0 saturated heterocycles. The molecule has 0 heterocycles. The summed E-state index contributed by atoms with van der Waals surface area (Å²) in [4.78, 5) is 0. The molecule has 0 spiro atoms. The molecule has 1 unspecified atom stereocenters. The lowest BCUT2D eigenvalue weighted by Crippen LogP contribution is -2.28. The first-order valence-corrected chi connectivity index (χ1v) is 6.43. The summed E-state index contributed by atoms with van der Waals surface area (Å²) in [6, 6.07) is 0. The van der Waals surface area contributed by atoms with Gasteiger partial charge in [0.2, 0.25) is 0 Å². The van der Waals surface area contributed by atoms with Crippen molar-refractivity contribution in [1.82, 2.24) is 0 Å². The molecule has 0 aromatic carbocycles. The Morgan fingerprint density at radius 1 is 1.33 bits per heavy atom. The molecular weight excluding hydrogens is 231 g/mol. The molecule has 7 heteroatoms. The second-order valence-electron chi connectivity index (χ2n) is 3.34. The Labute approximate surface area is 87.8 Å². The van der Waals surface area contributed by atoms with Crippen molar-refractivity contribution < 1.29 is 21.6 Å². The third-order valence-electron chi connectivity index (χ3n) is 2.12. The van der Waals surface area contributed by atoms with E-state index in [1.807, 2.05) is 0 Å². The van der Waals surface area contributed by atoms with E-state index in [2.05, 4.69) is 0 Å². The van der Waals surface area contributed by atoms with Gasteiger partial charge in [-0.3, -0.25) is 0 Å². The number of alkyl halides is 3. The van der Waals surface area contributed by atoms with Gasteiger partial charge in [-0.2, -0.15) is 13.2 Å². The van der Waals surface area contributed by atoms with Gasteiger partial charge in [0.1, 0.15) is 0 Å². The van der Waals surface area contributed by atoms with Crippen molar-refractivity contribution >= 4 is 9.84 Å². The van der Waals surface area contributed by atoms with Gasteiger partial charge in [0, 0.05) is 0 Å². The summed E-state index contributed by atoms with van der Waals surface area (Å²) >= 11 is 0. The first kappa shape index (κ1) is 14.7. The Balaban J connectivity index is 4.40. The molecule has 3 nitrogen and oxygen atoms in total. The van der Waals surface area contributed by atoms with Crippen LogP contribution in [0.4, 0.5) is 13.2 Å². The molecule has 0 aromatic rings. The van der Waals surface area contributed by atoms with Gasteiger partial charge in [-0.25, -0.2) is 8.42 Å². The lowest BCUT2D eigenvalue weighted by molar-refractivity contribution is -0.129. The first-order chi connectivity index (χ1) is 6.73. The first-order valence-electron chi connectivity index (χ1n) is 4.71. The van der Waals surface area contributed by atoms with Crippen LogP contribution >= 0.6 is 0 Å². The van der Waals surface area contributed by atoms with Gasteiger partial charge in [-0.1, -0.05) is 6.92 Å². The zero-order chi connectivity index (χ0) is 12.1. The summed E-state index contributed by atoms with van der Waals surface area (Å²) in [5.41, 5.74) is 5.20. The summed E-state index contributed by atoms with van der Waals surface area (Å²) in [7, 11) is -3.67. The topological polar surface area (TPSA) is 60.2 Å². The Hall–Kier alpha value is -0.300. The minimum absolute atomic E-state index is 0.170. The van der Waals surface area contributed by atoms with Gasteiger partial charge in [-0.05, 0) is 19.4 Å². The van der Waals surface area contributed by atoms with E-state index in [1.165, 1.54) is 0 Å². The second kappa shape index (κ2) is 5.69. The highest BCUT2D eigenvalue weighted by atomic mass is 32.2. The van der Waals surface area contributed by atoms with Crippen LogP contribution in [0.1, 0.15) is 26.2 Å². The Kier molecular flexibility index (Phi) is 5.58. The SMILES string of the molecule is CCC(CCN)S(=O)(=O)CCC(F)(F)F. The van der Waals surface area contributed by atoms with Gasteiger partial charge in [-0.15, -0.1) is 0 Å². The predicted octanol–water partition coefficient (Wildman–Crippen LogP) is 1.48. The van der Waals surface area contributed by atoms with E-state index in [9.17, 15) is 21.6 Å². The summed E-state index contributed by atoms with van der Waals surface area (Å²) in [6.45, 7) is 1.80. The fraction of sp³-hybridized carbons (Fsp3) is 1.00. The average molecular weight is 247 g/mol. The summed E-state index contributed by atoms with van der Waals surface area (Å²) in [5.74, 6) is -0.838. The molecule has 1 atom stereocenters. The van der Waals surface area contributed by atoms with Crippen LogP contribution in [-0.4, -0.2) is 32.1 Å². The van der Waals surface area contributed by atoms with Gasteiger partial charge >= 0.3 is 6.18 Å². The zero-order valence-corrected chi connectivity index (χ0v) is 9.37. The molecule has 92 valence electrons. The summed E-state index contributed by atoms with van der Waals surface area (Å²) in [6.07, 6.45) is -5.18. The van der Waals surface area contributed by atoms with E-state index in [4.69, 9.17) is 5.73 Å². The van der Waals surface area contributed by atoms with Crippen molar-refractivity contribution in [1.29, 1.82) is 0 Å². The fourth-order valence-corrected chi connectivity index (χ4v) is 3.10. The number of hydrogen-bond acceptors (Lipinski definition) is 3. The third kappa shape index (κ3) is 5.99. The minimum Gasteiger partial charge on any atom is -0.330 e. The van der Waals surface area contributed by atoms with Crippen molar-refractivity contribution in [3.05, 3.63) is 0 Å². The smallest absolute Gasteiger partial charge is 0.330 e. The molecule has 0 amide bonds. The van der Waals surface area contributed by atoms with Crippen molar-refractivity contribution in [2.75, 3.05) is 12.3 Å². The highest BCUT2D eigenvalue weighted by molar-refractivity contribution is 7.92. The molecule has 0 aliphatic heterocycles. The maximum Gasteiger partial charge on any atom is 0.390 e. The van der Waals surface area contributed by atoms with Crippen molar-refractivity contribution in [2.24, 2.45) is 5.73 Å². The van der Waals surface area contributed by atoms with Crippen LogP contribution < -0.4 is 5.73 Å². The zero-order valence-electron chi connectivity index (χ0n) is 8.55. The molecule has 2 N–H and O–H groups in total.